The van der Waals surface area contributed by atoms with Crippen molar-refractivity contribution in [2.75, 3.05) is 19.6 Å². The third kappa shape index (κ3) is 5.94. The lowest BCUT2D eigenvalue weighted by Gasteiger charge is -2.39. The molecule has 2 rings (SSSR count). The Labute approximate surface area is 139 Å². The first-order valence-corrected chi connectivity index (χ1v) is 8.79. The summed E-state index contributed by atoms with van der Waals surface area (Å²) < 4.78 is 5.38. The second kappa shape index (κ2) is 7.36. The molecule has 0 spiro atoms. The largest absolute Gasteiger partial charge is 0.444 e. The number of hydrogen-bond donors (Lipinski definition) is 3. The highest BCUT2D eigenvalue weighted by atomic mass is 16.6. The molecule has 6 nitrogen and oxygen atoms in total. The van der Waals surface area contributed by atoms with Gasteiger partial charge in [0.2, 0.25) is 0 Å². The summed E-state index contributed by atoms with van der Waals surface area (Å²) in [6, 6.07) is 0.381. The molecule has 1 aliphatic heterocycles. The molecule has 1 aliphatic carbocycles. The Morgan fingerprint density at radius 2 is 1.78 bits per heavy atom. The van der Waals surface area contributed by atoms with E-state index in [1.54, 1.807) is 4.90 Å². The highest BCUT2D eigenvalue weighted by Gasteiger charge is 2.35. The molecule has 6 heteroatoms. The number of carbonyl (C=O) groups excluding carboxylic acids is 1. The third-order valence-corrected chi connectivity index (χ3v) is 4.76. The van der Waals surface area contributed by atoms with Gasteiger partial charge in [-0.05, 0) is 59.3 Å². The Morgan fingerprint density at radius 1 is 1.22 bits per heavy atom. The number of piperidine rings is 1. The maximum absolute atomic E-state index is 12.0. The molecule has 3 N–H and O–H groups in total. The van der Waals surface area contributed by atoms with Crippen molar-refractivity contribution in [3.8, 4) is 0 Å². The van der Waals surface area contributed by atoms with Crippen molar-refractivity contribution >= 4 is 6.09 Å². The second-order valence-corrected chi connectivity index (χ2v) is 8.08. The zero-order chi connectivity index (χ0) is 17.1. The van der Waals surface area contributed by atoms with Crippen LogP contribution in [0.25, 0.3) is 0 Å². The Bertz CT molecular complexity index is 392. The van der Waals surface area contributed by atoms with Crippen LogP contribution in [0.15, 0.2) is 0 Å². The van der Waals surface area contributed by atoms with E-state index in [4.69, 9.17) is 4.74 Å². The monoisotopic (exact) mass is 328 g/mol. The fraction of sp³-hybridized carbons (Fsp3) is 0.941. The van der Waals surface area contributed by atoms with Gasteiger partial charge >= 0.3 is 6.09 Å². The predicted molar refractivity (Wildman–Crippen MR) is 88.3 cm³/mol. The summed E-state index contributed by atoms with van der Waals surface area (Å²) in [6.07, 6.45) is 4.26. The fourth-order valence-electron chi connectivity index (χ4n) is 3.22. The first-order chi connectivity index (χ1) is 10.7. The first-order valence-electron chi connectivity index (χ1n) is 8.79. The average molecular weight is 328 g/mol. The molecule has 2 aliphatic rings. The zero-order valence-electron chi connectivity index (χ0n) is 14.7. The summed E-state index contributed by atoms with van der Waals surface area (Å²) in [5, 5.41) is 23.7. The molecule has 0 aromatic rings. The molecule has 1 saturated heterocycles. The Morgan fingerprint density at radius 3 is 2.30 bits per heavy atom. The highest BCUT2D eigenvalue weighted by Crippen LogP contribution is 2.24. The minimum absolute atomic E-state index is 0.159. The minimum atomic E-state index is -0.755. The number of amides is 1. The summed E-state index contributed by atoms with van der Waals surface area (Å²) in [4.78, 5) is 13.7. The molecule has 1 saturated carbocycles. The lowest BCUT2D eigenvalue weighted by Crippen LogP contribution is -2.53. The van der Waals surface area contributed by atoms with E-state index in [1.807, 2.05) is 20.8 Å². The molecular weight excluding hydrogens is 296 g/mol. The van der Waals surface area contributed by atoms with Crippen molar-refractivity contribution in [1.29, 1.82) is 0 Å². The number of likely N-dealkylation sites (tertiary alicyclic amines) is 1. The fourth-order valence-corrected chi connectivity index (χ4v) is 3.22. The highest BCUT2D eigenvalue weighted by molar-refractivity contribution is 5.68. The standard InChI is InChI=1S/C17H32N2O4/c1-16(2,3)23-15(21)19-10-8-17(22,9-11-19)12-18-13-4-6-14(20)7-5-13/h13-14,18,20,22H,4-12H2,1-3H3. The van der Waals surface area contributed by atoms with Gasteiger partial charge in [-0.1, -0.05) is 0 Å². The van der Waals surface area contributed by atoms with Crippen molar-refractivity contribution < 1.29 is 19.7 Å². The maximum atomic E-state index is 12.0. The van der Waals surface area contributed by atoms with Crippen molar-refractivity contribution in [1.82, 2.24) is 10.2 Å². The first kappa shape index (κ1) is 18.5. The van der Waals surface area contributed by atoms with Crippen LogP contribution in [0, 0.1) is 0 Å². The van der Waals surface area contributed by atoms with Gasteiger partial charge in [0.25, 0.3) is 0 Å². The van der Waals surface area contributed by atoms with Crippen LogP contribution in [0.1, 0.15) is 59.3 Å². The predicted octanol–water partition coefficient (Wildman–Crippen LogP) is 1.64. The SMILES string of the molecule is CC(C)(C)OC(=O)N1CCC(O)(CNC2CCC(O)CC2)CC1. The number of nitrogens with one attached hydrogen (secondary N) is 1. The van der Waals surface area contributed by atoms with Crippen LogP contribution < -0.4 is 5.32 Å². The van der Waals surface area contributed by atoms with Gasteiger partial charge in [0.1, 0.15) is 5.60 Å². The Balaban J connectivity index is 1.73. The number of ether oxygens (including phenoxy) is 1. The Kier molecular flexibility index (Phi) is 5.92. The molecule has 1 heterocycles. The van der Waals surface area contributed by atoms with Gasteiger partial charge in [0, 0.05) is 25.7 Å². The van der Waals surface area contributed by atoms with E-state index in [0.717, 1.165) is 25.7 Å². The maximum Gasteiger partial charge on any atom is 0.410 e. The van der Waals surface area contributed by atoms with Crippen molar-refractivity contribution in [3.63, 3.8) is 0 Å². The number of carbonyl (C=O) groups is 1. The molecule has 0 unspecified atom stereocenters. The van der Waals surface area contributed by atoms with Crippen LogP contribution in [0.5, 0.6) is 0 Å². The molecular formula is C17H32N2O4. The molecule has 0 aromatic carbocycles. The van der Waals surface area contributed by atoms with Crippen molar-refractivity contribution in [3.05, 3.63) is 0 Å². The van der Waals surface area contributed by atoms with Gasteiger partial charge in [-0.2, -0.15) is 0 Å². The van der Waals surface area contributed by atoms with Crippen LogP contribution in [0.3, 0.4) is 0 Å². The van der Waals surface area contributed by atoms with E-state index in [1.165, 1.54) is 0 Å². The van der Waals surface area contributed by atoms with Crippen molar-refractivity contribution in [2.24, 2.45) is 0 Å². The van der Waals surface area contributed by atoms with Gasteiger partial charge in [-0.25, -0.2) is 4.79 Å². The van der Waals surface area contributed by atoms with Crippen molar-refractivity contribution in [2.45, 2.75) is 82.6 Å². The van der Waals surface area contributed by atoms with E-state index >= 15 is 0 Å². The van der Waals surface area contributed by atoms with Gasteiger partial charge < -0.3 is 25.2 Å². The lowest BCUT2D eigenvalue weighted by molar-refractivity contribution is -0.0331. The summed E-state index contributed by atoms with van der Waals surface area (Å²) in [7, 11) is 0. The minimum Gasteiger partial charge on any atom is -0.444 e. The summed E-state index contributed by atoms with van der Waals surface area (Å²) in [5.41, 5.74) is -1.24. The number of hydrogen-bond acceptors (Lipinski definition) is 5. The molecule has 2 fully saturated rings. The normalized spacial score (nSPS) is 28.5. The lowest BCUT2D eigenvalue weighted by atomic mass is 9.89. The second-order valence-electron chi connectivity index (χ2n) is 8.08. The van der Waals surface area contributed by atoms with E-state index in [9.17, 15) is 15.0 Å². The van der Waals surface area contributed by atoms with E-state index in [-0.39, 0.29) is 12.2 Å². The van der Waals surface area contributed by atoms with E-state index in [0.29, 0.717) is 38.5 Å². The molecule has 0 atom stereocenters. The molecule has 0 aromatic heterocycles. The number of nitrogens with zero attached hydrogens (tertiary/aromatic N) is 1. The van der Waals surface area contributed by atoms with Gasteiger partial charge in [0.05, 0.1) is 11.7 Å². The van der Waals surface area contributed by atoms with Gasteiger partial charge in [-0.15, -0.1) is 0 Å². The summed E-state index contributed by atoms with van der Waals surface area (Å²) >= 11 is 0. The number of rotatable bonds is 3. The van der Waals surface area contributed by atoms with E-state index < -0.39 is 11.2 Å². The quantitative estimate of drug-likeness (QED) is 0.734. The van der Waals surface area contributed by atoms with Gasteiger partial charge in [-0.3, -0.25) is 0 Å². The summed E-state index contributed by atoms with van der Waals surface area (Å²) in [5.74, 6) is 0. The topological polar surface area (TPSA) is 82.0 Å². The van der Waals surface area contributed by atoms with Crippen LogP contribution in [0.4, 0.5) is 4.79 Å². The molecule has 1 amide bonds. The molecule has 23 heavy (non-hydrogen) atoms. The average Bonchev–Trinajstić information content (AvgIpc) is 2.46. The summed E-state index contributed by atoms with van der Waals surface area (Å²) in [6.45, 7) is 7.17. The number of aliphatic hydroxyl groups is 2. The third-order valence-electron chi connectivity index (χ3n) is 4.76. The van der Waals surface area contributed by atoms with Gasteiger partial charge in [0.15, 0.2) is 0 Å². The van der Waals surface area contributed by atoms with E-state index in [2.05, 4.69) is 5.32 Å². The Hall–Kier alpha value is -0.850. The zero-order valence-corrected chi connectivity index (χ0v) is 14.7. The van der Waals surface area contributed by atoms with Crippen LogP contribution in [-0.2, 0) is 4.74 Å². The number of aliphatic hydroxyl groups excluding tert-OH is 1. The van der Waals surface area contributed by atoms with Crippen LogP contribution in [-0.4, -0.2) is 64.2 Å². The molecule has 0 radical (unpaired) electrons. The van der Waals surface area contributed by atoms with Crippen LogP contribution in [0.2, 0.25) is 0 Å². The molecule has 0 bridgehead atoms. The van der Waals surface area contributed by atoms with Crippen LogP contribution >= 0.6 is 0 Å². The molecule has 134 valence electrons. The smallest absolute Gasteiger partial charge is 0.410 e.